The molecule has 1 rings (SSSR count). The number of hydrogen-bond donors (Lipinski definition) is 0. The van der Waals surface area contributed by atoms with Crippen LogP contribution in [0.15, 0.2) is 22.7 Å². The first-order valence-electron chi connectivity index (χ1n) is 5.28. The first kappa shape index (κ1) is 12.8. The van der Waals surface area contributed by atoms with Gasteiger partial charge < -0.3 is 4.43 Å². The van der Waals surface area contributed by atoms with E-state index in [4.69, 9.17) is 4.43 Å². The second-order valence-corrected chi connectivity index (χ2v) is 8.16. The van der Waals surface area contributed by atoms with Crippen LogP contribution in [-0.4, -0.2) is 9.04 Å². The topological polar surface area (TPSA) is 9.23 Å². The molecule has 0 bridgehead atoms. The Hall–Kier alpha value is -0.283. The van der Waals surface area contributed by atoms with E-state index in [1.165, 1.54) is 5.56 Å². The van der Waals surface area contributed by atoms with Crippen LogP contribution in [0.2, 0.25) is 13.1 Å². The molecule has 0 saturated carbocycles. The standard InChI is InChI=1S/C12H19BrOSi/c1-12(2,3)9-7-6-8-10(11(9)13)14-15(4)5/h6-8,15H,1-5H3. The highest BCUT2D eigenvalue weighted by molar-refractivity contribution is 9.10. The Morgan fingerprint density at radius 1 is 1.20 bits per heavy atom. The summed E-state index contributed by atoms with van der Waals surface area (Å²) >= 11 is 3.64. The molecule has 0 N–H and O–H groups in total. The average molecular weight is 287 g/mol. The van der Waals surface area contributed by atoms with Crippen LogP contribution >= 0.6 is 15.9 Å². The molecule has 0 spiro atoms. The molecule has 0 saturated heterocycles. The van der Waals surface area contributed by atoms with Crippen molar-refractivity contribution in [3.8, 4) is 5.75 Å². The zero-order chi connectivity index (χ0) is 11.6. The highest BCUT2D eigenvalue weighted by atomic mass is 79.9. The van der Waals surface area contributed by atoms with Gasteiger partial charge in [-0.25, -0.2) is 0 Å². The van der Waals surface area contributed by atoms with Gasteiger partial charge in [-0.2, -0.15) is 0 Å². The molecule has 1 aromatic rings. The van der Waals surface area contributed by atoms with Gasteiger partial charge >= 0.3 is 0 Å². The molecule has 1 aromatic carbocycles. The summed E-state index contributed by atoms with van der Waals surface area (Å²) in [4.78, 5) is 0. The zero-order valence-electron chi connectivity index (χ0n) is 10.1. The summed E-state index contributed by atoms with van der Waals surface area (Å²) < 4.78 is 6.98. The minimum Gasteiger partial charge on any atom is -0.546 e. The van der Waals surface area contributed by atoms with Crippen molar-refractivity contribution in [1.82, 2.24) is 0 Å². The van der Waals surface area contributed by atoms with E-state index in [0.717, 1.165) is 10.2 Å². The fourth-order valence-electron chi connectivity index (χ4n) is 1.43. The summed E-state index contributed by atoms with van der Waals surface area (Å²) in [6.07, 6.45) is 0. The lowest BCUT2D eigenvalue weighted by Gasteiger charge is -2.23. The molecule has 0 aliphatic carbocycles. The summed E-state index contributed by atoms with van der Waals surface area (Å²) in [5.74, 6) is 0.990. The quantitative estimate of drug-likeness (QED) is 0.744. The van der Waals surface area contributed by atoms with Gasteiger partial charge in [-0.15, -0.1) is 0 Å². The van der Waals surface area contributed by atoms with Gasteiger partial charge in [0.25, 0.3) is 0 Å². The van der Waals surface area contributed by atoms with E-state index in [-0.39, 0.29) is 5.41 Å². The molecular weight excluding hydrogens is 268 g/mol. The number of halogens is 1. The molecule has 0 fully saturated rings. The van der Waals surface area contributed by atoms with Crippen molar-refractivity contribution in [1.29, 1.82) is 0 Å². The maximum Gasteiger partial charge on any atom is 0.229 e. The third-order valence-corrected chi connectivity index (χ3v) is 3.68. The lowest BCUT2D eigenvalue weighted by Crippen LogP contribution is -2.15. The van der Waals surface area contributed by atoms with Gasteiger partial charge in [-0.05, 0) is 46.1 Å². The summed E-state index contributed by atoms with van der Waals surface area (Å²) in [6, 6.07) is 6.25. The SMILES string of the molecule is C[SiH](C)Oc1cccc(C(C)(C)C)c1Br. The van der Waals surface area contributed by atoms with E-state index in [0.29, 0.717) is 0 Å². The lowest BCUT2D eigenvalue weighted by molar-refractivity contribution is 0.554. The molecule has 15 heavy (non-hydrogen) atoms. The van der Waals surface area contributed by atoms with E-state index in [1.54, 1.807) is 0 Å². The molecule has 84 valence electrons. The van der Waals surface area contributed by atoms with Crippen LogP contribution in [0.1, 0.15) is 26.3 Å². The van der Waals surface area contributed by atoms with E-state index >= 15 is 0 Å². The van der Waals surface area contributed by atoms with Crippen molar-refractivity contribution >= 4 is 25.0 Å². The van der Waals surface area contributed by atoms with Crippen molar-refractivity contribution in [2.24, 2.45) is 0 Å². The number of hydrogen-bond acceptors (Lipinski definition) is 1. The summed E-state index contributed by atoms with van der Waals surface area (Å²) in [5.41, 5.74) is 1.45. The monoisotopic (exact) mass is 286 g/mol. The number of rotatable bonds is 2. The lowest BCUT2D eigenvalue weighted by atomic mass is 9.87. The highest BCUT2D eigenvalue weighted by Crippen LogP contribution is 2.36. The fraction of sp³-hybridized carbons (Fsp3) is 0.500. The van der Waals surface area contributed by atoms with Crippen LogP contribution in [0, 0.1) is 0 Å². The molecule has 0 heterocycles. The average Bonchev–Trinajstić information content (AvgIpc) is 2.05. The van der Waals surface area contributed by atoms with E-state index in [2.05, 4.69) is 61.9 Å². The maximum atomic E-state index is 5.87. The molecule has 0 aromatic heterocycles. The predicted octanol–water partition coefficient (Wildman–Crippen LogP) is 4.11. The Morgan fingerprint density at radius 2 is 1.80 bits per heavy atom. The molecule has 0 amide bonds. The third-order valence-electron chi connectivity index (χ3n) is 2.13. The van der Waals surface area contributed by atoms with Crippen LogP contribution in [0.25, 0.3) is 0 Å². The third kappa shape index (κ3) is 3.35. The van der Waals surface area contributed by atoms with Crippen LogP contribution in [0.4, 0.5) is 0 Å². The van der Waals surface area contributed by atoms with Gasteiger partial charge in [-0.1, -0.05) is 32.9 Å². The first-order valence-corrected chi connectivity index (χ1v) is 8.85. The summed E-state index contributed by atoms with van der Waals surface area (Å²) in [5, 5.41) is 0. The Morgan fingerprint density at radius 3 is 2.27 bits per heavy atom. The van der Waals surface area contributed by atoms with E-state index < -0.39 is 9.04 Å². The van der Waals surface area contributed by atoms with Gasteiger partial charge in [-0.3, -0.25) is 0 Å². The molecule has 0 atom stereocenters. The van der Waals surface area contributed by atoms with Crippen molar-refractivity contribution in [2.75, 3.05) is 0 Å². The predicted molar refractivity (Wildman–Crippen MR) is 72.3 cm³/mol. The van der Waals surface area contributed by atoms with Gasteiger partial charge in [0.05, 0.1) is 4.47 Å². The molecule has 0 unspecified atom stereocenters. The van der Waals surface area contributed by atoms with Crippen LogP contribution in [-0.2, 0) is 5.41 Å². The van der Waals surface area contributed by atoms with Crippen molar-refractivity contribution < 1.29 is 4.43 Å². The Kier molecular flexibility index (Phi) is 4.01. The van der Waals surface area contributed by atoms with Crippen LogP contribution in [0.5, 0.6) is 5.75 Å². The van der Waals surface area contributed by atoms with Gasteiger partial charge in [0, 0.05) is 0 Å². The van der Waals surface area contributed by atoms with Crippen LogP contribution < -0.4 is 4.43 Å². The second-order valence-electron chi connectivity index (χ2n) is 5.03. The minimum absolute atomic E-state index is 0.150. The van der Waals surface area contributed by atoms with E-state index in [1.807, 2.05) is 6.07 Å². The van der Waals surface area contributed by atoms with Gasteiger partial charge in [0.15, 0.2) is 0 Å². The first-order chi connectivity index (χ1) is 6.82. The van der Waals surface area contributed by atoms with Crippen molar-refractivity contribution in [2.45, 2.75) is 39.3 Å². The van der Waals surface area contributed by atoms with Gasteiger partial charge in [0.2, 0.25) is 9.04 Å². The molecule has 0 aliphatic rings. The largest absolute Gasteiger partial charge is 0.546 e. The van der Waals surface area contributed by atoms with Crippen LogP contribution in [0.3, 0.4) is 0 Å². The van der Waals surface area contributed by atoms with Crippen molar-refractivity contribution in [3.05, 3.63) is 28.2 Å². The second kappa shape index (κ2) is 4.70. The Labute approximate surface area is 103 Å². The number of benzene rings is 1. The minimum atomic E-state index is -1.03. The Bertz CT molecular complexity index is 342. The van der Waals surface area contributed by atoms with Crippen molar-refractivity contribution in [3.63, 3.8) is 0 Å². The summed E-state index contributed by atoms with van der Waals surface area (Å²) in [6.45, 7) is 11.0. The molecular formula is C12H19BrOSi. The van der Waals surface area contributed by atoms with E-state index in [9.17, 15) is 0 Å². The maximum absolute atomic E-state index is 5.87. The summed E-state index contributed by atoms with van der Waals surface area (Å²) in [7, 11) is -1.03. The molecule has 0 aliphatic heterocycles. The smallest absolute Gasteiger partial charge is 0.229 e. The molecule has 0 radical (unpaired) electrons. The van der Waals surface area contributed by atoms with Gasteiger partial charge in [0.1, 0.15) is 5.75 Å². The highest BCUT2D eigenvalue weighted by Gasteiger charge is 2.19. The zero-order valence-corrected chi connectivity index (χ0v) is 12.8. The Balaban J connectivity index is 3.12. The normalized spacial score (nSPS) is 11.9. The fourth-order valence-corrected chi connectivity index (χ4v) is 3.26. The molecule has 1 nitrogen and oxygen atoms in total. The molecule has 3 heteroatoms.